The molecule has 0 atom stereocenters. The van der Waals surface area contributed by atoms with Gasteiger partial charge in [-0.2, -0.15) is 0 Å². The van der Waals surface area contributed by atoms with Crippen molar-refractivity contribution in [3.05, 3.63) is 71.9 Å². The molecule has 0 radical (unpaired) electrons. The van der Waals surface area contributed by atoms with Gasteiger partial charge in [0.15, 0.2) is 0 Å². The molecule has 0 unspecified atom stereocenters. The predicted octanol–water partition coefficient (Wildman–Crippen LogP) is 4.90. The van der Waals surface area contributed by atoms with Gasteiger partial charge in [0, 0.05) is 36.5 Å². The molecule has 1 aliphatic heterocycles. The Labute approximate surface area is 211 Å². The first-order valence-corrected chi connectivity index (χ1v) is 12.2. The normalized spacial score (nSPS) is 13.7. The number of aryl methyl sites for hydroxylation is 1. The van der Waals surface area contributed by atoms with Crippen molar-refractivity contribution in [1.82, 2.24) is 4.98 Å². The second-order valence-corrected chi connectivity index (χ2v) is 8.77. The minimum absolute atomic E-state index is 0.00464. The number of amides is 2. The highest BCUT2D eigenvalue weighted by molar-refractivity contribution is 6.04. The molecule has 2 N–H and O–H groups in total. The van der Waals surface area contributed by atoms with Crippen LogP contribution in [0.3, 0.4) is 0 Å². The monoisotopic (exact) mass is 488 g/mol. The Morgan fingerprint density at radius 3 is 2.47 bits per heavy atom. The smallest absolute Gasteiger partial charge is 0.255 e. The summed E-state index contributed by atoms with van der Waals surface area (Å²) >= 11 is 0. The molecule has 0 spiro atoms. The first kappa shape index (κ1) is 25.0. The van der Waals surface area contributed by atoms with E-state index in [-0.39, 0.29) is 17.7 Å². The Bertz CT molecular complexity index is 1200. The number of ether oxygens (including phenoxy) is 2. The highest BCUT2D eigenvalue weighted by atomic mass is 16.5. The highest BCUT2D eigenvalue weighted by Crippen LogP contribution is 2.28. The molecule has 1 fully saturated rings. The second-order valence-electron chi connectivity index (χ2n) is 8.77. The van der Waals surface area contributed by atoms with Gasteiger partial charge in [-0.05, 0) is 80.8 Å². The summed E-state index contributed by atoms with van der Waals surface area (Å²) in [6.07, 6.45) is 3.04. The third-order valence-corrected chi connectivity index (χ3v) is 6.23. The van der Waals surface area contributed by atoms with E-state index in [2.05, 4.69) is 20.5 Å². The quantitative estimate of drug-likeness (QED) is 0.468. The van der Waals surface area contributed by atoms with Crippen LogP contribution < -0.4 is 25.0 Å². The van der Waals surface area contributed by atoms with Crippen molar-refractivity contribution in [2.75, 3.05) is 42.3 Å². The molecule has 8 nitrogen and oxygen atoms in total. The van der Waals surface area contributed by atoms with Gasteiger partial charge in [-0.1, -0.05) is 6.07 Å². The second kappa shape index (κ2) is 11.6. The first-order valence-electron chi connectivity index (χ1n) is 12.2. The Morgan fingerprint density at radius 2 is 1.78 bits per heavy atom. The molecule has 0 saturated carbocycles. The van der Waals surface area contributed by atoms with Crippen molar-refractivity contribution in [1.29, 1.82) is 0 Å². The number of carbonyl (C=O) groups is 2. The summed E-state index contributed by atoms with van der Waals surface area (Å²) in [6.45, 7) is 5.86. The predicted molar refractivity (Wildman–Crippen MR) is 141 cm³/mol. The lowest BCUT2D eigenvalue weighted by atomic mass is 9.95. The van der Waals surface area contributed by atoms with E-state index < -0.39 is 0 Å². The Hall–Kier alpha value is -4.07. The standard InChI is InChI=1S/C28H32N4O4/c1-4-36-23-8-6-22(7-9-23)30-28(34)21-11-14-29-26(18-21)32-15-12-20(13-16-32)27(33)31-24-17-19(2)5-10-25(24)35-3/h5-11,14,17-18,20H,4,12-13,15-16H2,1-3H3,(H,30,34)(H,31,33). The highest BCUT2D eigenvalue weighted by Gasteiger charge is 2.26. The number of rotatable bonds is 8. The number of hydrogen-bond donors (Lipinski definition) is 2. The lowest BCUT2D eigenvalue weighted by Gasteiger charge is -2.32. The van der Waals surface area contributed by atoms with Crippen LogP contribution in [0.1, 0.15) is 35.7 Å². The molecule has 188 valence electrons. The van der Waals surface area contributed by atoms with Gasteiger partial charge in [-0.25, -0.2) is 4.98 Å². The third-order valence-electron chi connectivity index (χ3n) is 6.23. The van der Waals surface area contributed by atoms with Crippen molar-refractivity contribution < 1.29 is 19.1 Å². The molecule has 2 amide bonds. The van der Waals surface area contributed by atoms with Crippen LogP contribution in [-0.4, -0.2) is 43.6 Å². The molecular formula is C28H32N4O4. The maximum atomic E-state index is 12.9. The average molecular weight is 489 g/mol. The van der Waals surface area contributed by atoms with E-state index in [1.807, 2.05) is 56.3 Å². The summed E-state index contributed by atoms with van der Waals surface area (Å²) < 4.78 is 10.8. The summed E-state index contributed by atoms with van der Waals surface area (Å²) in [4.78, 5) is 32.3. The van der Waals surface area contributed by atoms with Gasteiger partial charge in [-0.15, -0.1) is 0 Å². The van der Waals surface area contributed by atoms with Gasteiger partial charge in [0.25, 0.3) is 5.91 Å². The Balaban J connectivity index is 1.34. The van der Waals surface area contributed by atoms with E-state index in [1.54, 1.807) is 25.4 Å². The summed E-state index contributed by atoms with van der Waals surface area (Å²) in [5.41, 5.74) is 2.97. The van der Waals surface area contributed by atoms with Crippen LogP contribution in [0, 0.1) is 12.8 Å². The van der Waals surface area contributed by atoms with Crippen LogP contribution in [0.4, 0.5) is 17.2 Å². The van der Waals surface area contributed by atoms with Gasteiger partial charge >= 0.3 is 0 Å². The number of piperidine rings is 1. The van der Waals surface area contributed by atoms with Crippen LogP contribution in [0.25, 0.3) is 0 Å². The number of methoxy groups -OCH3 is 1. The maximum absolute atomic E-state index is 12.9. The van der Waals surface area contributed by atoms with Gasteiger partial charge in [0.05, 0.1) is 19.4 Å². The molecule has 3 aromatic rings. The van der Waals surface area contributed by atoms with Crippen molar-refractivity contribution in [3.8, 4) is 11.5 Å². The summed E-state index contributed by atoms with van der Waals surface area (Å²) in [5.74, 6) is 1.83. The zero-order valence-electron chi connectivity index (χ0n) is 20.9. The van der Waals surface area contributed by atoms with E-state index in [9.17, 15) is 9.59 Å². The summed E-state index contributed by atoms with van der Waals surface area (Å²) in [5, 5.41) is 5.94. The lowest BCUT2D eigenvalue weighted by molar-refractivity contribution is -0.120. The molecule has 0 bridgehead atoms. The molecule has 4 rings (SSSR count). The molecule has 2 aromatic carbocycles. The fraction of sp³-hybridized carbons (Fsp3) is 0.321. The van der Waals surface area contributed by atoms with Crippen molar-refractivity contribution in [2.45, 2.75) is 26.7 Å². The minimum atomic E-state index is -0.204. The van der Waals surface area contributed by atoms with Crippen molar-refractivity contribution in [3.63, 3.8) is 0 Å². The molecule has 0 aliphatic carbocycles. The van der Waals surface area contributed by atoms with E-state index in [1.165, 1.54) is 0 Å². The van der Waals surface area contributed by atoms with Crippen LogP contribution in [0.5, 0.6) is 11.5 Å². The molecule has 36 heavy (non-hydrogen) atoms. The Kier molecular flexibility index (Phi) is 8.05. The first-order chi connectivity index (χ1) is 17.5. The van der Waals surface area contributed by atoms with Crippen LogP contribution >= 0.6 is 0 Å². The molecule has 1 aromatic heterocycles. The molecular weight excluding hydrogens is 456 g/mol. The number of benzene rings is 2. The number of nitrogens with zero attached hydrogens (tertiary/aromatic N) is 2. The van der Waals surface area contributed by atoms with E-state index >= 15 is 0 Å². The number of pyridine rings is 1. The van der Waals surface area contributed by atoms with E-state index in [4.69, 9.17) is 9.47 Å². The zero-order chi connectivity index (χ0) is 25.5. The number of nitrogens with one attached hydrogen (secondary N) is 2. The minimum Gasteiger partial charge on any atom is -0.495 e. The van der Waals surface area contributed by atoms with Crippen molar-refractivity contribution in [2.24, 2.45) is 5.92 Å². The summed E-state index contributed by atoms with van der Waals surface area (Å²) in [7, 11) is 1.60. The third kappa shape index (κ3) is 6.13. The molecule has 1 aliphatic rings. The average Bonchev–Trinajstić information content (AvgIpc) is 2.90. The number of carbonyl (C=O) groups excluding carboxylic acids is 2. The van der Waals surface area contributed by atoms with Gasteiger partial charge in [0.1, 0.15) is 17.3 Å². The Morgan fingerprint density at radius 1 is 1.03 bits per heavy atom. The zero-order valence-corrected chi connectivity index (χ0v) is 20.9. The fourth-order valence-corrected chi connectivity index (χ4v) is 4.26. The summed E-state index contributed by atoms with van der Waals surface area (Å²) in [6, 6.07) is 16.5. The van der Waals surface area contributed by atoms with Crippen LogP contribution in [-0.2, 0) is 4.79 Å². The van der Waals surface area contributed by atoms with Crippen molar-refractivity contribution >= 4 is 29.0 Å². The molecule has 2 heterocycles. The van der Waals surface area contributed by atoms with Gasteiger partial charge in [0.2, 0.25) is 5.91 Å². The topological polar surface area (TPSA) is 92.8 Å². The molecule has 1 saturated heterocycles. The van der Waals surface area contributed by atoms with Gasteiger partial charge in [-0.3, -0.25) is 9.59 Å². The lowest BCUT2D eigenvalue weighted by Crippen LogP contribution is -2.38. The van der Waals surface area contributed by atoms with E-state index in [0.717, 1.165) is 17.1 Å². The van der Waals surface area contributed by atoms with Gasteiger partial charge < -0.3 is 25.0 Å². The van der Waals surface area contributed by atoms with Crippen LogP contribution in [0.2, 0.25) is 0 Å². The SMILES string of the molecule is CCOc1ccc(NC(=O)c2ccnc(N3CCC(C(=O)Nc4cc(C)ccc4OC)CC3)c2)cc1. The largest absolute Gasteiger partial charge is 0.495 e. The number of anilines is 3. The van der Waals surface area contributed by atoms with Crippen LogP contribution in [0.15, 0.2) is 60.8 Å². The molecule has 8 heteroatoms. The van der Waals surface area contributed by atoms with E-state index in [0.29, 0.717) is 55.2 Å². The number of hydrogen-bond acceptors (Lipinski definition) is 6. The number of aromatic nitrogens is 1. The fourth-order valence-electron chi connectivity index (χ4n) is 4.26. The maximum Gasteiger partial charge on any atom is 0.255 e.